The number of aryl methyl sites for hydroxylation is 2. The molecule has 2 rings (SSSR count). The first-order valence-electron chi connectivity index (χ1n) is 6.33. The van der Waals surface area contributed by atoms with E-state index in [4.69, 9.17) is 11.6 Å². The van der Waals surface area contributed by atoms with Crippen molar-refractivity contribution in [3.8, 4) is 0 Å². The van der Waals surface area contributed by atoms with E-state index < -0.39 is 0 Å². The molecule has 0 fully saturated rings. The summed E-state index contributed by atoms with van der Waals surface area (Å²) >= 11 is 9.68. The highest BCUT2D eigenvalue weighted by atomic mass is 79.9. The summed E-state index contributed by atoms with van der Waals surface area (Å²) in [6, 6.07) is 8.91. The highest BCUT2D eigenvalue weighted by molar-refractivity contribution is 9.10. The van der Waals surface area contributed by atoms with E-state index in [1.807, 2.05) is 45.2 Å². The van der Waals surface area contributed by atoms with Gasteiger partial charge >= 0.3 is 0 Å². The lowest BCUT2D eigenvalue weighted by atomic mass is 9.93. The van der Waals surface area contributed by atoms with Crippen LogP contribution in [-0.4, -0.2) is 7.05 Å². The third-order valence-corrected chi connectivity index (χ3v) is 4.15. The molecule has 0 aliphatic carbocycles. The van der Waals surface area contributed by atoms with Gasteiger partial charge in [-0.3, -0.25) is 0 Å². The van der Waals surface area contributed by atoms with E-state index in [1.54, 1.807) is 6.07 Å². The second-order valence-electron chi connectivity index (χ2n) is 4.86. The van der Waals surface area contributed by atoms with Crippen molar-refractivity contribution < 1.29 is 4.39 Å². The van der Waals surface area contributed by atoms with Crippen LogP contribution < -0.4 is 5.32 Å². The lowest BCUT2D eigenvalue weighted by molar-refractivity contribution is 0.572. The zero-order valence-corrected chi connectivity index (χ0v) is 13.9. The van der Waals surface area contributed by atoms with Crippen molar-refractivity contribution in [2.45, 2.75) is 19.9 Å². The summed E-state index contributed by atoms with van der Waals surface area (Å²) < 4.78 is 15.3. The average Bonchev–Trinajstić information content (AvgIpc) is 2.34. The van der Waals surface area contributed by atoms with E-state index in [2.05, 4.69) is 21.2 Å². The van der Waals surface area contributed by atoms with E-state index in [0.717, 1.165) is 21.2 Å². The number of benzene rings is 2. The summed E-state index contributed by atoms with van der Waals surface area (Å²) in [6.45, 7) is 3.81. The molecule has 1 nitrogen and oxygen atoms in total. The largest absolute Gasteiger partial charge is 0.309 e. The predicted molar refractivity (Wildman–Crippen MR) is 85.9 cm³/mol. The van der Waals surface area contributed by atoms with Crippen LogP contribution in [0, 0.1) is 19.7 Å². The molecule has 0 saturated heterocycles. The fourth-order valence-electron chi connectivity index (χ4n) is 2.48. The summed E-state index contributed by atoms with van der Waals surface area (Å²) in [7, 11) is 1.81. The molecular weight excluding hydrogens is 341 g/mol. The van der Waals surface area contributed by atoms with E-state index in [0.29, 0.717) is 10.6 Å². The molecule has 20 heavy (non-hydrogen) atoms. The molecule has 1 unspecified atom stereocenters. The summed E-state index contributed by atoms with van der Waals surface area (Å²) in [6.07, 6.45) is 0. The zero-order valence-electron chi connectivity index (χ0n) is 11.6. The maximum Gasteiger partial charge on any atom is 0.128 e. The number of rotatable bonds is 3. The number of halogens is 3. The number of nitrogens with one attached hydrogen (secondary N) is 1. The van der Waals surface area contributed by atoms with Gasteiger partial charge in [0.15, 0.2) is 0 Å². The van der Waals surface area contributed by atoms with Crippen LogP contribution in [0.4, 0.5) is 4.39 Å². The van der Waals surface area contributed by atoms with E-state index >= 15 is 0 Å². The molecule has 1 atom stereocenters. The first kappa shape index (κ1) is 15.5. The molecule has 2 aromatic carbocycles. The highest BCUT2D eigenvalue weighted by Crippen LogP contribution is 2.33. The van der Waals surface area contributed by atoms with Crippen molar-refractivity contribution in [2.75, 3.05) is 7.05 Å². The van der Waals surface area contributed by atoms with Gasteiger partial charge in [-0.25, -0.2) is 4.39 Å². The molecule has 106 valence electrons. The lowest BCUT2D eigenvalue weighted by Gasteiger charge is -2.22. The minimum Gasteiger partial charge on any atom is -0.309 e. The molecule has 0 saturated carbocycles. The fraction of sp³-hybridized carbons (Fsp3) is 0.250. The maximum absolute atomic E-state index is 14.4. The van der Waals surface area contributed by atoms with Crippen LogP contribution in [0.15, 0.2) is 34.8 Å². The van der Waals surface area contributed by atoms with Gasteiger partial charge in [0.2, 0.25) is 0 Å². The monoisotopic (exact) mass is 355 g/mol. The Bertz CT molecular complexity index is 619. The quantitative estimate of drug-likeness (QED) is 0.800. The molecular formula is C16H16BrClFN. The van der Waals surface area contributed by atoms with E-state index in [1.165, 1.54) is 0 Å². The predicted octanol–water partition coefficient (Wildman–Crippen LogP) is 5.17. The summed E-state index contributed by atoms with van der Waals surface area (Å²) in [5.41, 5.74) is 3.34. The SMILES string of the molecule is CNC(c1ccc(Br)cc1Cl)c1c(C)cc(C)cc1F. The Labute approximate surface area is 132 Å². The molecule has 1 N–H and O–H groups in total. The molecule has 2 aromatic rings. The van der Waals surface area contributed by atoms with Gasteiger partial charge in [-0.2, -0.15) is 0 Å². The normalized spacial score (nSPS) is 12.5. The first-order valence-corrected chi connectivity index (χ1v) is 7.50. The van der Waals surface area contributed by atoms with Crippen LogP contribution in [0.2, 0.25) is 5.02 Å². The standard InChI is InChI=1S/C16H16BrClFN/c1-9-6-10(2)15(14(19)7-9)16(20-3)12-5-4-11(17)8-13(12)18/h4-8,16,20H,1-3H3. The molecule has 0 spiro atoms. The van der Waals surface area contributed by atoms with Crippen LogP contribution in [0.25, 0.3) is 0 Å². The van der Waals surface area contributed by atoms with Crippen LogP contribution in [0.5, 0.6) is 0 Å². The molecule has 0 aliphatic heterocycles. The van der Waals surface area contributed by atoms with Crippen molar-refractivity contribution in [1.82, 2.24) is 5.32 Å². The van der Waals surface area contributed by atoms with Crippen molar-refractivity contribution in [3.63, 3.8) is 0 Å². The number of hydrogen-bond donors (Lipinski definition) is 1. The van der Waals surface area contributed by atoms with Crippen molar-refractivity contribution in [2.24, 2.45) is 0 Å². The third-order valence-electron chi connectivity index (χ3n) is 3.33. The lowest BCUT2D eigenvalue weighted by Crippen LogP contribution is -2.20. The van der Waals surface area contributed by atoms with Crippen molar-refractivity contribution in [3.05, 3.63) is 67.9 Å². The summed E-state index contributed by atoms with van der Waals surface area (Å²) in [5.74, 6) is -0.208. The van der Waals surface area contributed by atoms with Gasteiger partial charge in [-0.15, -0.1) is 0 Å². The Kier molecular flexibility index (Phi) is 4.84. The molecule has 0 heterocycles. The minimum atomic E-state index is -0.267. The van der Waals surface area contributed by atoms with Gasteiger partial charge < -0.3 is 5.32 Å². The fourth-order valence-corrected chi connectivity index (χ4v) is 3.27. The Hall–Kier alpha value is -0.900. The van der Waals surface area contributed by atoms with Gasteiger partial charge in [0.25, 0.3) is 0 Å². The van der Waals surface area contributed by atoms with E-state index in [-0.39, 0.29) is 11.9 Å². The molecule has 4 heteroatoms. The maximum atomic E-state index is 14.4. The zero-order chi connectivity index (χ0) is 14.9. The molecule has 0 aromatic heterocycles. The van der Waals surface area contributed by atoms with E-state index in [9.17, 15) is 4.39 Å². The summed E-state index contributed by atoms with van der Waals surface area (Å²) in [4.78, 5) is 0. The van der Waals surface area contributed by atoms with Gasteiger partial charge in [-0.05, 0) is 55.8 Å². The minimum absolute atomic E-state index is 0.208. The van der Waals surface area contributed by atoms with Crippen molar-refractivity contribution >= 4 is 27.5 Å². The Morgan fingerprint density at radius 3 is 2.45 bits per heavy atom. The van der Waals surface area contributed by atoms with Crippen molar-refractivity contribution in [1.29, 1.82) is 0 Å². The van der Waals surface area contributed by atoms with Gasteiger partial charge in [0.1, 0.15) is 5.82 Å². The highest BCUT2D eigenvalue weighted by Gasteiger charge is 2.21. The molecule has 0 amide bonds. The van der Waals surface area contributed by atoms with Crippen LogP contribution in [0.1, 0.15) is 28.3 Å². The smallest absolute Gasteiger partial charge is 0.128 e. The van der Waals surface area contributed by atoms with Gasteiger partial charge in [0, 0.05) is 15.1 Å². The first-order chi connectivity index (χ1) is 9.43. The van der Waals surface area contributed by atoms with Crippen LogP contribution in [0.3, 0.4) is 0 Å². The van der Waals surface area contributed by atoms with Gasteiger partial charge in [0.05, 0.1) is 6.04 Å². The Balaban J connectivity index is 2.58. The molecule has 0 bridgehead atoms. The van der Waals surface area contributed by atoms with Gasteiger partial charge in [-0.1, -0.05) is 39.7 Å². The number of hydrogen-bond acceptors (Lipinski definition) is 1. The second-order valence-corrected chi connectivity index (χ2v) is 6.19. The molecule has 0 aliphatic rings. The Morgan fingerprint density at radius 1 is 1.20 bits per heavy atom. The van der Waals surface area contributed by atoms with Crippen LogP contribution >= 0.6 is 27.5 Å². The second kappa shape index (κ2) is 6.25. The molecule has 0 radical (unpaired) electrons. The summed E-state index contributed by atoms with van der Waals surface area (Å²) in [5, 5.41) is 3.77. The third kappa shape index (κ3) is 3.05. The van der Waals surface area contributed by atoms with Crippen LogP contribution in [-0.2, 0) is 0 Å². The Morgan fingerprint density at radius 2 is 1.90 bits per heavy atom. The average molecular weight is 357 g/mol. The topological polar surface area (TPSA) is 12.0 Å².